The number of benzene rings is 2. The van der Waals surface area contributed by atoms with Gasteiger partial charge in [-0.2, -0.15) is 0 Å². The van der Waals surface area contributed by atoms with Crippen LogP contribution < -0.4 is 23.8 Å². The number of ether oxygens (including phenoxy) is 3. The molecule has 1 aliphatic rings. The highest BCUT2D eigenvalue weighted by molar-refractivity contribution is 7.92. The fourth-order valence-electron chi connectivity index (χ4n) is 4.70. The molecule has 1 atom stereocenters. The normalized spacial score (nSPS) is 14.7. The summed E-state index contributed by atoms with van der Waals surface area (Å²) in [6.07, 6.45) is 6.09. The second-order valence-corrected chi connectivity index (χ2v) is 11.6. The van der Waals surface area contributed by atoms with Crippen LogP contribution in [0, 0.1) is 0 Å². The van der Waals surface area contributed by atoms with E-state index < -0.39 is 28.5 Å². The molecule has 0 aromatic heterocycles. The lowest BCUT2D eigenvalue weighted by Crippen LogP contribution is -2.53. The van der Waals surface area contributed by atoms with E-state index in [4.69, 9.17) is 14.2 Å². The van der Waals surface area contributed by atoms with Crippen molar-refractivity contribution in [3.05, 3.63) is 48.0 Å². The van der Waals surface area contributed by atoms with Gasteiger partial charge in [0.05, 0.1) is 33.3 Å². The Kier molecular flexibility index (Phi) is 10.4. The minimum atomic E-state index is -3.91. The topological polar surface area (TPSA) is 114 Å². The first-order valence-electron chi connectivity index (χ1n) is 13.0. The third-order valence-electron chi connectivity index (χ3n) is 6.94. The van der Waals surface area contributed by atoms with Gasteiger partial charge in [0.25, 0.3) is 0 Å². The molecule has 1 aliphatic carbocycles. The summed E-state index contributed by atoms with van der Waals surface area (Å²) in [6, 6.07) is 11.1. The van der Waals surface area contributed by atoms with Gasteiger partial charge in [-0.05, 0) is 49.6 Å². The van der Waals surface area contributed by atoms with E-state index >= 15 is 0 Å². The van der Waals surface area contributed by atoms with Gasteiger partial charge >= 0.3 is 0 Å². The van der Waals surface area contributed by atoms with Crippen molar-refractivity contribution in [3.63, 3.8) is 0 Å². The van der Waals surface area contributed by atoms with E-state index in [1.165, 1.54) is 25.2 Å². The molecule has 2 aromatic carbocycles. The van der Waals surface area contributed by atoms with E-state index in [1.54, 1.807) is 44.4 Å². The van der Waals surface area contributed by atoms with Gasteiger partial charge in [0.2, 0.25) is 21.8 Å². The van der Waals surface area contributed by atoms with Crippen LogP contribution in [-0.2, 0) is 26.2 Å². The van der Waals surface area contributed by atoms with E-state index in [9.17, 15) is 18.0 Å². The smallest absolute Gasteiger partial charge is 0.244 e. The molecule has 10 nitrogen and oxygen atoms in total. The van der Waals surface area contributed by atoms with E-state index in [0.29, 0.717) is 11.5 Å². The lowest BCUT2D eigenvalue weighted by Gasteiger charge is -2.33. The Bertz CT molecular complexity index is 1250. The Hall–Kier alpha value is -3.47. The number of amides is 2. The van der Waals surface area contributed by atoms with Gasteiger partial charge in [0, 0.05) is 18.7 Å². The number of hydrogen-bond donors (Lipinski definition) is 1. The number of rotatable bonds is 12. The molecule has 3 rings (SSSR count). The SMILES string of the molecule is COc1cccc(CN(C(=O)CN(c2ccc(OC)cc2OC)S(C)(=O)=O)[C@H](C)C(=O)NC2CCCCC2)c1. The summed E-state index contributed by atoms with van der Waals surface area (Å²) in [6.45, 7) is 1.23. The first kappa shape index (κ1) is 30.1. The second-order valence-electron chi connectivity index (χ2n) is 9.70. The lowest BCUT2D eigenvalue weighted by molar-refractivity contribution is -0.139. The van der Waals surface area contributed by atoms with Gasteiger partial charge in [0.15, 0.2) is 0 Å². The molecule has 214 valence electrons. The van der Waals surface area contributed by atoms with Crippen molar-refractivity contribution in [1.82, 2.24) is 10.2 Å². The van der Waals surface area contributed by atoms with Crippen molar-refractivity contribution >= 4 is 27.5 Å². The summed E-state index contributed by atoms with van der Waals surface area (Å²) in [5.74, 6) is 0.511. The number of anilines is 1. The minimum Gasteiger partial charge on any atom is -0.497 e. The molecule has 11 heteroatoms. The average Bonchev–Trinajstić information content (AvgIpc) is 2.93. The Labute approximate surface area is 231 Å². The van der Waals surface area contributed by atoms with Gasteiger partial charge in [0.1, 0.15) is 29.8 Å². The standard InChI is InChI=1S/C28H39N3O7S/c1-20(28(33)29-22-11-7-6-8-12-22)30(18-21-10-9-13-23(16-21)36-2)27(32)19-31(39(5,34)35)25-15-14-24(37-3)17-26(25)38-4/h9-10,13-17,20,22H,6-8,11-12,18-19H2,1-5H3,(H,29,33)/t20-/m1/s1. The Morgan fingerprint density at radius 1 is 0.974 bits per heavy atom. The van der Waals surface area contributed by atoms with Crippen LogP contribution in [-0.4, -0.2) is 71.3 Å². The van der Waals surface area contributed by atoms with Gasteiger partial charge in [-0.25, -0.2) is 8.42 Å². The molecule has 0 bridgehead atoms. The third-order valence-corrected chi connectivity index (χ3v) is 8.07. The molecular formula is C28H39N3O7S. The van der Waals surface area contributed by atoms with Crippen LogP contribution in [0.2, 0.25) is 0 Å². The maximum Gasteiger partial charge on any atom is 0.244 e. The van der Waals surface area contributed by atoms with Crippen LogP contribution in [0.4, 0.5) is 5.69 Å². The molecule has 0 saturated heterocycles. The quantitative estimate of drug-likeness (QED) is 0.423. The molecule has 1 fully saturated rings. The summed E-state index contributed by atoms with van der Waals surface area (Å²) in [4.78, 5) is 28.5. The van der Waals surface area contributed by atoms with Gasteiger partial charge in [-0.15, -0.1) is 0 Å². The summed E-state index contributed by atoms with van der Waals surface area (Å²) in [5.41, 5.74) is 0.933. The number of hydrogen-bond acceptors (Lipinski definition) is 7. The van der Waals surface area contributed by atoms with Crippen LogP contribution in [0.25, 0.3) is 0 Å². The largest absolute Gasteiger partial charge is 0.497 e. The third kappa shape index (κ3) is 8.01. The van der Waals surface area contributed by atoms with Gasteiger partial charge < -0.3 is 24.4 Å². The monoisotopic (exact) mass is 561 g/mol. The molecular weight excluding hydrogens is 522 g/mol. The number of carbonyl (C=O) groups excluding carboxylic acids is 2. The van der Waals surface area contributed by atoms with E-state index in [0.717, 1.165) is 48.2 Å². The van der Waals surface area contributed by atoms with Gasteiger partial charge in [-0.3, -0.25) is 13.9 Å². The minimum absolute atomic E-state index is 0.0681. The second kappa shape index (κ2) is 13.5. The highest BCUT2D eigenvalue weighted by atomic mass is 32.2. The Morgan fingerprint density at radius 2 is 1.64 bits per heavy atom. The van der Waals surface area contributed by atoms with E-state index in [2.05, 4.69) is 5.32 Å². The van der Waals surface area contributed by atoms with Crippen molar-refractivity contribution in [2.75, 3.05) is 38.4 Å². The van der Waals surface area contributed by atoms with Crippen molar-refractivity contribution < 1.29 is 32.2 Å². The highest BCUT2D eigenvalue weighted by Crippen LogP contribution is 2.33. The fourth-order valence-corrected chi connectivity index (χ4v) is 5.56. The maximum absolute atomic E-state index is 13.8. The van der Waals surface area contributed by atoms with E-state index in [1.807, 2.05) is 6.07 Å². The van der Waals surface area contributed by atoms with Crippen LogP contribution in [0.15, 0.2) is 42.5 Å². The molecule has 1 saturated carbocycles. The Balaban J connectivity index is 1.93. The number of methoxy groups -OCH3 is 3. The molecule has 1 N–H and O–H groups in total. The summed E-state index contributed by atoms with van der Waals surface area (Å²) in [5, 5.41) is 3.09. The zero-order valence-corrected chi connectivity index (χ0v) is 24.1. The first-order valence-corrected chi connectivity index (χ1v) is 14.8. The maximum atomic E-state index is 13.8. The molecule has 0 radical (unpaired) electrons. The first-order chi connectivity index (χ1) is 18.6. The molecule has 39 heavy (non-hydrogen) atoms. The van der Waals surface area contributed by atoms with Crippen LogP contribution >= 0.6 is 0 Å². The number of carbonyl (C=O) groups is 2. The number of sulfonamides is 1. The van der Waals surface area contributed by atoms with Crippen LogP contribution in [0.3, 0.4) is 0 Å². The predicted molar refractivity (Wildman–Crippen MR) is 150 cm³/mol. The molecule has 0 heterocycles. The fraction of sp³-hybridized carbons (Fsp3) is 0.500. The number of nitrogens with one attached hydrogen (secondary N) is 1. The summed E-state index contributed by atoms with van der Waals surface area (Å²) < 4.78 is 42.7. The molecule has 0 spiro atoms. The van der Waals surface area contributed by atoms with Crippen molar-refractivity contribution in [1.29, 1.82) is 0 Å². The van der Waals surface area contributed by atoms with Crippen molar-refractivity contribution in [3.8, 4) is 17.2 Å². The van der Waals surface area contributed by atoms with E-state index in [-0.39, 0.29) is 29.9 Å². The molecule has 2 amide bonds. The lowest BCUT2D eigenvalue weighted by atomic mass is 9.95. The van der Waals surface area contributed by atoms with Crippen molar-refractivity contribution in [2.24, 2.45) is 0 Å². The zero-order chi connectivity index (χ0) is 28.6. The van der Waals surface area contributed by atoms with Crippen LogP contribution in [0.1, 0.15) is 44.6 Å². The average molecular weight is 562 g/mol. The number of nitrogens with zero attached hydrogens (tertiary/aromatic N) is 2. The summed E-state index contributed by atoms with van der Waals surface area (Å²) in [7, 11) is 0.542. The Morgan fingerprint density at radius 3 is 2.26 bits per heavy atom. The van der Waals surface area contributed by atoms with Crippen molar-refractivity contribution in [2.45, 2.75) is 57.7 Å². The molecule has 0 aliphatic heterocycles. The molecule has 2 aromatic rings. The predicted octanol–water partition coefficient (Wildman–Crippen LogP) is 3.34. The zero-order valence-electron chi connectivity index (χ0n) is 23.3. The van der Waals surface area contributed by atoms with Crippen LogP contribution in [0.5, 0.6) is 17.2 Å². The van der Waals surface area contributed by atoms with Gasteiger partial charge in [-0.1, -0.05) is 31.4 Å². The highest BCUT2D eigenvalue weighted by Gasteiger charge is 2.32. The summed E-state index contributed by atoms with van der Waals surface area (Å²) >= 11 is 0. The molecule has 0 unspecified atom stereocenters.